The van der Waals surface area contributed by atoms with Crippen LogP contribution in [0.25, 0.3) is 0 Å². The molecule has 1 aromatic rings. The number of aliphatic carboxylic acids is 1. The summed E-state index contributed by atoms with van der Waals surface area (Å²) in [5, 5.41) is 9.09. The molecule has 0 spiro atoms. The van der Waals surface area contributed by atoms with Crippen LogP contribution in [-0.4, -0.2) is 11.1 Å². The topological polar surface area (TPSA) is 37.3 Å². The van der Waals surface area contributed by atoms with Gasteiger partial charge in [-0.1, -0.05) is 38.1 Å². The van der Waals surface area contributed by atoms with Gasteiger partial charge in [0.1, 0.15) is 0 Å². The molecular weight excluding hydrogens is 236 g/mol. The molecule has 1 aromatic carbocycles. The minimum absolute atomic E-state index is 0.215. The van der Waals surface area contributed by atoms with Gasteiger partial charge in [-0.25, -0.2) is 0 Å². The summed E-state index contributed by atoms with van der Waals surface area (Å²) in [5.41, 5.74) is 2.60. The van der Waals surface area contributed by atoms with Gasteiger partial charge in [-0.05, 0) is 54.6 Å². The number of carboxylic acid groups (broad SMARTS) is 1. The van der Waals surface area contributed by atoms with E-state index in [1.165, 1.54) is 24.0 Å². The fraction of sp³-hybridized carbons (Fsp3) is 0.588. The van der Waals surface area contributed by atoms with Crippen molar-refractivity contribution in [3.8, 4) is 0 Å². The van der Waals surface area contributed by atoms with Crippen molar-refractivity contribution in [1.82, 2.24) is 0 Å². The molecule has 1 aliphatic rings. The van der Waals surface area contributed by atoms with Crippen molar-refractivity contribution < 1.29 is 9.90 Å². The van der Waals surface area contributed by atoms with E-state index < -0.39 is 5.97 Å². The van der Waals surface area contributed by atoms with E-state index in [0.717, 1.165) is 12.8 Å². The molecule has 0 heterocycles. The summed E-state index contributed by atoms with van der Waals surface area (Å²) in [6.45, 7) is 4.44. The van der Waals surface area contributed by atoms with Crippen LogP contribution in [-0.2, 0) is 4.79 Å². The van der Waals surface area contributed by atoms with Crippen molar-refractivity contribution >= 4 is 5.97 Å². The molecule has 104 valence electrons. The van der Waals surface area contributed by atoms with Crippen molar-refractivity contribution in [2.24, 2.45) is 5.92 Å². The van der Waals surface area contributed by atoms with Gasteiger partial charge in [0.15, 0.2) is 0 Å². The van der Waals surface area contributed by atoms with E-state index >= 15 is 0 Å². The molecular formula is C17H24O2. The first kappa shape index (κ1) is 14.1. The van der Waals surface area contributed by atoms with Gasteiger partial charge in [-0.15, -0.1) is 0 Å². The Bertz CT molecular complexity index is 431. The molecule has 0 amide bonds. The zero-order valence-corrected chi connectivity index (χ0v) is 11.9. The molecule has 0 aromatic heterocycles. The van der Waals surface area contributed by atoms with Gasteiger partial charge in [-0.2, -0.15) is 0 Å². The predicted octanol–water partition coefficient (Wildman–Crippen LogP) is 4.56. The summed E-state index contributed by atoms with van der Waals surface area (Å²) < 4.78 is 0. The van der Waals surface area contributed by atoms with Gasteiger partial charge in [0.05, 0.1) is 6.42 Å². The van der Waals surface area contributed by atoms with Crippen molar-refractivity contribution in [1.29, 1.82) is 0 Å². The fourth-order valence-electron chi connectivity index (χ4n) is 3.05. The third-order valence-corrected chi connectivity index (χ3v) is 4.38. The van der Waals surface area contributed by atoms with Crippen LogP contribution in [0, 0.1) is 5.92 Å². The second kappa shape index (κ2) is 6.23. The lowest BCUT2D eigenvalue weighted by Crippen LogP contribution is -2.09. The van der Waals surface area contributed by atoms with Gasteiger partial charge in [0.25, 0.3) is 0 Å². The molecule has 1 unspecified atom stereocenters. The molecule has 1 N–H and O–H groups in total. The molecule has 0 radical (unpaired) electrons. The Morgan fingerprint density at radius 2 is 1.89 bits per heavy atom. The van der Waals surface area contributed by atoms with Crippen molar-refractivity contribution in [2.45, 2.75) is 57.8 Å². The van der Waals surface area contributed by atoms with Crippen LogP contribution in [0.1, 0.15) is 68.9 Å². The molecule has 1 saturated carbocycles. The number of benzene rings is 1. The standard InChI is InChI=1S/C17H24O2/c1-3-12(4-2)14-6-5-7-15(10-14)16(11-17(18)19)13-8-9-13/h5-7,10,12-13,16H,3-4,8-9,11H2,1-2H3,(H,18,19). The van der Waals surface area contributed by atoms with E-state index in [-0.39, 0.29) is 12.3 Å². The molecule has 1 atom stereocenters. The molecule has 1 aliphatic carbocycles. The van der Waals surface area contributed by atoms with Crippen molar-refractivity contribution in [3.63, 3.8) is 0 Å². The monoisotopic (exact) mass is 260 g/mol. The Morgan fingerprint density at radius 1 is 1.26 bits per heavy atom. The van der Waals surface area contributed by atoms with E-state index in [9.17, 15) is 4.79 Å². The number of rotatable bonds is 7. The molecule has 0 aliphatic heterocycles. The van der Waals surface area contributed by atoms with Gasteiger partial charge < -0.3 is 5.11 Å². The molecule has 2 rings (SSSR count). The van der Waals surface area contributed by atoms with Crippen LogP contribution in [0.3, 0.4) is 0 Å². The van der Waals surface area contributed by atoms with Crippen LogP contribution in [0.4, 0.5) is 0 Å². The highest BCUT2D eigenvalue weighted by atomic mass is 16.4. The number of hydrogen-bond acceptors (Lipinski definition) is 1. The van der Waals surface area contributed by atoms with Gasteiger partial charge >= 0.3 is 5.97 Å². The first-order valence-electron chi connectivity index (χ1n) is 7.47. The molecule has 19 heavy (non-hydrogen) atoms. The maximum atomic E-state index is 11.0. The molecule has 2 nitrogen and oxygen atoms in total. The Hall–Kier alpha value is -1.31. The quantitative estimate of drug-likeness (QED) is 0.780. The second-order valence-electron chi connectivity index (χ2n) is 5.73. The molecule has 2 heteroatoms. The van der Waals surface area contributed by atoms with E-state index in [1.807, 2.05) is 0 Å². The molecule has 0 saturated heterocycles. The predicted molar refractivity (Wildman–Crippen MR) is 77.5 cm³/mol. The first-order valence-corrected chi connectivity index (χ1v) is 7.47. The summed E-state index contributed by atoms with van der Waals surface area (Å²) in [5.74, 6) is 0.731. The van der Waals surface area contributed by atoms with Crippen LogP contribution in [0.5, 0.6) is 0 Å². The van der Waals surface area contributed by atoms with E-state index in [1.54, 1.807) is 0 Å². The summed E-state index contributed by atoms with van der Waals surface area (Å²) in [6.07, 6.45) is 4.94. The lowest BCUT2D eigenvalue weighted by molar-refractivity contribution is -0.137. The van der Waals surface area contributed by atoms with E-state index in [0.29, 0.717) is 11.8 Å². The molecule has 0 bridgehead atoms. The minimum Gasteiger partial charge on any atom is -0.481 e. The Balaban J connectivity index is 2.22. The highest BCUT2D eigenvalue weighted by Gasteiger charge is 2.33. The highest BCUT2D eigenvalue weighted by Crippen LogP contribution is 2.45. The molecule has 1 fully saturated rings. The number of hydrogen-bond donors (Lipinski definition) is 1. The summed E-state index contributed by atoms with van der Waals surface area (Å²) in [4.78, 5) is 11.0. The van der Waals surface area contributed by atoms with Crippen LogP contribution in [0.15, 0.2) is 24.3 Å². The Kier molecular flexibility index (Phi) is 4.62. The maximum absolute atomic E-state index is 11.0. The van der Waals surface area contributed by atoms with E-state index in [4.69, 9.17) is 5.11 Å². The lowest BCUT2D eigenvalue weighted by Gasteiger charge is -2.18. The lowest BCUT2D eigenvalue weighted by atomic mass is 9.86. The Labute approximate surface area is 115 Å². The third-order valence-electron chi connectivity index (χ3n) is 4.38. The smallest absolute Gasteiger partial charge is 0.303 e. The average molecular weight is 260 g/mol. The van der Waals surface area contributed by atoms with E-state index in [2.05, 4.69) is 38.1 Å². The first-order chi connectivity index (χ1) is 9.15. The van der Waals surface area contributed by atoms with Crippen LogP contribution < -0.4 is 0 Å². The zero-order valence-electron chi connectivity index (χ0n) is 11.9. The van der Waals surface area contributed by atoms with Crippen LogP contribution in [0.2, 0.25) is 0 Å². The second-order valence-corrected chi connectivity index (χ2v) is 5.73. The van der Waals surface area contributed by atoms with Crippen molar-refractivity contribution in [2.75, 3.05) is 0 Å². The van der Waals surface area contributed by atoms with Crippen LogP contribution >= 0.6 is 0 Å². The summed E-state index contributed by atoms with van der Waals surface area (Å²) in [7, 11) is 0. The summed E-state index contributed by atoms with van der Waals surface area (Å²) in [6, 6.07) is 8.65. The largest absolute Gasteiger partial charge is 0.481 e. The van der Waals surface area contributed by atoms with Gasteiger partial charge in [0, 0.05) is 0 Å². The normalized spacial score (nSPS) is 16.6. The number of carbonyl (C=O) groups is 1. The minimum atomic E-state index is -0.676. The van der Waals surface area contributed by atoms with Crippen molar-refractivity contribution in [3.05, 3.63) is 35.4 Å². The zero-order chi connectivity index (χ0) is 13.8. The fourth-order valence-corrected chi connectivity index (χ4v) is 3.05. The van der Waals surface area contributed by atoms with Gasteiger partial charge in [0.2, 0.25) is 0 Å². The SMILES string of the molecule is CCC(CC)c1cccc(C(CC(=O)O)C2CC2)c1. The van der Waals surface area contributed by atoms with Gasteiger partial charge in [-0.3, -0.25) is 4.79 Å². The summed E-state index contributed by atoms with van der Waals surface area (Å²) >= 11 is 0. The Morgan fingerprint density at radius 3 is 2.42 bits per heavy atom. The maximum Gasteiger partial charge on any atom is 0.303 e. The average Bonchev–Trinajstić information content (AvgIpc) is 3.22. The third kappa shape index (κ3) is 3.59. The highest BCUT2D eigenvalue weighted by molar-refractivity contribution is 5.68. The number of carboxylic acids is 1.